The molecule has 0 radical (unpaired) electrons. The van der Waals surface area contributed by atoms with E-state index in [2.05, 4.69) is 48.6 Å². The quantitative estimate of drug-likeness (QED) is 0.712. The van der Waals surface area contributed by atoms with Crippen LogP contribution in [0.3, 0.4) is 0 Å². The normalized spacial score (nSPS) is 21.4. The molecule has 0 fully saturated rings. The van der Waals surface area contributed by atoms with Gasteiger partial charge < -0.3 is 5.11 Å². The fourth-order valence-electron chi connectivity index (χ4n) is 3.62. The number of hydrogen-bond donors (Lipinski definition) is 1. The lowest BCUT2D eigenvalue weighted by atomic mass is 9.86. The molecule has 3 atom stereocenters. The number of aromatic hydroxyl groups is 1. The summed E-state index contributed by atoms with van der Waals surface area (Å²) >= 11 is 0. The molecule has 0 bridgehead atoms. The molecule has 0 aromatic heterocycles. The molecule has 0 saturated carbocycles. The minimum atomic E-state index is -0.219. The van der Waals surface area contributed by atoms with Crippen molar-refractivity contribution < 1.29 is 9.50 Å². The Morgan fingerprint density at radius 1 is 0.852 bits per heavy atom. The number of halogens is 1. The van der Waals surface area contributed by atoms with E-state index in [-0.39, 0.29) is 20.3 Å². The highest BCUT2D eigenvalue weighted by molar-refractivity contribution is 7.55. The SMILES string of the molecule is Oc1c(Pc2ccccc2F)cc(C2C=CC=CC2)cc1C1C=CC=CC1. The van der Waals surface area contributed by atoms with Crippen LogP contribution in [-0.2, 0) is 0 Å². The summed E-state index contributed by atoms with van der Waals surface area (Å²) < 4.78 is 14.2. The summed E-state index contributed by atoms with van der Waals surface area (Å²) in [7, 11) is 0.0864. The molecule has 1 nitrogen and oxygen atoms in total. The van der Waals surface area contributed by atoms with E-state index in [9.17, 15) is 9.50 Å². The van der Waals surface area contributed by atoms with Gasteiger partial charge in [0.25, 0.3) is 0 Å². The van der Waals surface area contributed by atoms with Gasteiger partial charge in [0.1, 0.15) is 11.6 Å². The Morgan fingerprint density at radius 2 is 1.56 bits per heavy atom. The zero-order valence-corrected chi connectivity index (χ0v) is 16.0. The van der Waals surface area contributed by atoms with Crippen LogP contribution in [0.1, 0.15) is 35.8 Å². The van der Waals surface area contributed by atoms with Crippen LogP contribution in [0.25, 0.3) is 0 Å². The van der Waals surface area contributed by atoms with Gasteiger partial charge in [-0.15, -0.1) is 0 Å². The van der Waals surface area contributed by atoms with Crippen LogP contribution in [0, 0.1) is 5.82 Å². The molecule has 0 aliphatic heterocycles. The van der Waals surface area contributed by atoms with E-state index in [1.165, 1.54) is 11.6 Å². The van der Waals surface area contributed by atoms with Crippen molar-refractivity contribution in [1.82, 2.24) is 0 Å². The topological polar surface area (TPSA) is 20.2 Å². The van der Waals surface area contributed by atoms with Crippen molar-refractivity contribution in [1.29, 1.82) is 0 Å². The molecule has 136 valence electrons. The second-order valence-electron chi connectivity index (χ2n) is 6.92. The first-order chi connectivity index (χ1) is 13.2. The summed E-state index contributed by atoms with van der Waals surface area (Å²) in [6, 6.07) is 11.0. The van der Waals surface area contributed by atoms with Crippen molar-refractivity contribution in [3.8, 4) is 5.75 Å². The number of rotatable bonds is 4. The average molecular weight is 376 g/mol. The van der Waals surface area contributed by atoms with Crippen molar-refractivity contribution in [2.45, 2.75) is 24.7 Å². The van der Waals surface area contributed by atoms with Crippen LogP contribution >= 0.6 is 8.58 Å². The molecule has 0 saturated heterocycles. The summed E-state index contributed by atoms with van der Waals surface area (Å²) in [6.45, 7) is 0. The highest BCUT2D eigenvalue weighted by Gasteiger charge is 2.20. The molecule has 3 unspecified atom stereocenters. The lowest BCUT2D eigenvalue weighted by Crippen LogP contribution is -2.13. The Bertz CT molecular complexity index is 955. The van der Waals surface area contributed by atoms with Gasteiger partial charge in [0.05, 0.1) is 0 Å². The maximum absolute atomic E-state index is 14.2. The number of allylic oxidation sites excluding steroid dienone is 8. The molecule has 1 N–H and O–H groups in total. The van der Waals surface area contributed by atoms with Crippen LogP contribution in [0.2, 0.25) is 0 Å². The maximum atomic E-state index is 14.2. The average Bonchev–Trinajstić information content (AvgIpc) is 2.72. The molecule has 2 aliphatic carbocycles. The molecule has 3 heteroatoms. The molecule has 27 heavy (non-hydrogen) atoms. The molecule has 0 heterocycles. The highest BCUT2D eigenvalue weighted by Crippen LogP contribution is 2.37. The Kier molecular flexibility index (Phi) is 5.36. The predicted octanol–water partition coefficient (Wildman–Crippen LogP) is 5.36. The van der Waals surface area contributed by atoms with Crippen molar-refractivity contribution in [3.63, 3.8) is 0 Å². The van der Waals surface area contributed by atoms with Crippen LogP contribution < -0.4 is 10.6 Å². The van der Waals surface area contributed by atoms with Crippen LogP contribution in [-0.4, -0.2) is 5.11 Å². The van der Waals surface area contributed by atoms with Gasteiger partial charge in [-0.3, -0.25) is 0 Å². The predicted molar refractivity (Wildman–Crippen MR) is 113 cm³/mol. The lowest BCUT2D eigenvalue weighted by molar-refractivity contribution is 0.469. The summed E-state index contributed by atoms with van der Waals surface area (Å²) in [5.74, 6) is 0.535. The second-order valence-corrected chi connectivity index (χ2v) is 8.25. The number of phenolic OH excluding ortho intramolecular Hbond substituents is 1. The molecule has 2 aromatic rings. The van der Waals surface area contributed by atoms with Crippen molar-refractivity contribution in [2.75, 3.05) is 0 Å². The summed E-state index contributed by atoms with van der Waals surface area (Å²) in [4.78, 5) is 0. The van der Waals surface area contributed by atoms with Crippen molar-refractivity contribution in [2.24, 2.45) is 0 Å². The Morgan fingerprint density at radius 3 is 2.22 bits per heavy atom. The molecule has 4 rings (SSSR count). The third-order valence-corrected chi connectivity index (χ3v) is 6.42. The molecular formula is C24H22FOP. The first-order valence-electron chi connectivity index (χ1n) is 9.27. The maximum Gasteiger partial charge on any atom is 0.130 e. The smallest absolute Gasteiger partial charge is 0.130 e. The fourth-order valence-corrected chi connectivity index (χ4v) is 4.79. The first kappa shape index (κ1) is 17.9. The van der Waals surface area contributed by atoms with E-state index in [0.717, 1.165) is 23.7 Å². The van der Waals surface area contributed by atoms with E-state index < -0.39 is 0 Å². The minimum absolute atomic E-state index is 0.0864. The van der Waals surface area contributed by atoms with E-state index in [1.54, 1.807) is 12.1 Å². The van der Waals surface area contributed by atoms with Gasteiger partial charge in [-0.2, -0.15) is 0 Å². The number of hydrogen-bond acceptors (Lipinski definition) is 1. The number of phenols is 1. The summed E-state index contributed by atoms with van der Waals surface area (Å²) in [5, 5.41) is 12.5. The highest BCUT2D eigenvalue weighted by atomic mass is 31.1. The lowest BCUT2D eigenvalue weighted by Gasteiger charge is -2.22. The third-order valence-electron chi connectivity index (χ3n) is 5.09. The van der Waals surface area contributed by atoms with Crippen LogP contribution in [0.4, 0.5) is 4.39 Å². The Hall–Kier alpha value is -2.44. The molecule has 2 aromatic carbocycles. The molecular weight excluding hydrogens is 354 g/mol. The molecule has 0 spiro atoms. The van der Waals surface area contributed by atoms with Crippen molar-refractivity contribution >= 4 is 19.2 Å². The van der Waals surface area contributed by atoms with Gasteiger partial charge >= 0.3 is 0 Å². The summed E-state index contributed by atoms with van der Waals surface area (Å²) in [5.41, 5.74) is 2.13. The van der Waals surface area contributed by atoms with Gasteiger partial charge in [-0.25, -0.2) is 4.39 Å². The van der Waals surface area contributed by atoms with Gasteiger partial charge in [-0.1, -0.05) is 81.5 Å². The zero-order chi connectivity index (χ0) is 18.6. The van der Waals surface area contributed by atoms with Crippen LogP contribution in [0.15, 0.2) is 85.0 Å². The third kappa shape index (κ3) is 3.96. The Labute approximate surface area is 161 Å². The van der Waals surface area contributed by atoms with E-state index in [4.69, 9.17) is 0 Å². The second kappa shape index (κ2) is 8.06. The van der Waals surface area contributed by atoms with Crippen LogP contribution in [0.5, 0.6) is 5.75 Å². The van der Waals surface area contributed by atoms with E-state index >= 15 is 0 Å². The van der Waals surface area contributed by atoms with E-state index in [0.29, 0.717) is 17.0 Å². The molecule has 0 amide bonds. The van der Waals surface area contributed by atoms with Gasteiger partial charge in [-0.05, 0) is 30.5 Å². The fraction of sp³-hybridized carbons (Fsp3) is 0.167. The zero-order valence-electron chi connectivity index (χ0n) is 15.0. The monoisotopic (exact) mass is 376 g/mol. The summed E-state index contributed by atoms with van der Waals surface area (Å²) in [6.07, 6.45) is 18.6. The Balaban J connectivity index is 1.77. The standard InChI is InChI=1S/C24H22FOP/c25-21-13-7-8-14-22(21)27-23-16-19(17-9-3-1-4-10-17)15-20(24(23)26)18-11-5-2-6-12-18/h1-9,11,13-18,26-27H,10,12H2. The minimum Gasteiger partial charge on any atom is -0.507 e. The van der Waals surface area contributed by atoms with Gasteiger partial charge in [0.2, 0.25) is 0 Å². The number of benzene rings is 2. The first-order valence-corrected chi connectivity index (χ1v) is 10.3. The largest absolute Gasteiger partial charge is 0.507 e. The molecule has 2 aliphatic rings. The van der Waals surface area contributed by atoms with E-state index in [1.807, 2.05) is 18.2 Å². The van der Waals surface area contributed by atoms with Crippen molar-refractivity contribution in [3.05, 3.63) is 102 Å². The van der Waals surface area contributed by atoms with Gasteiger partial charge in [0, 0.05) is 28.0 Å². The van der Waals surface area contributed by atoms with Gasteiger partial charge in [0.15, 0.2) is 0 Å².